The summed E-state index contributed by atoms with van der Waals surface area (Å²) in [4.78, 5) is 0.238. The molecule has 1 aromatic carbocycles. The first kappa shape index (κ1) is 39.7. The smallest absolute Gasteiger partial charge is 1.00 e. The van der Waals surface area contributed by atoms with Crippen LogP contribution in [0.1, 0.15) is 71.1 Å². The second-order valence-corrected chi connectivity index (χ2v) is 7.39. The topological polar surface area (TPSA) is 43.4 Å². The van der Waals surface area contributed by atoms with Gasteiger partial charge in [0.05, 0.1) is 11.5 Å². The van der Waals surface area contributed by atoms with Gasteiger partial charge in [-0.1, -0.05) is 82.9 Å². The summed E-state index contributed by atoms with van der Waals surface area (Å²) in [5.41, 5.74) is 0. The maximum Gasteiger partial charge on any atom is 2.00 e. The molecular formula is C18H30CaCl3NaO3S. The van der Waals surface area contributed by atoms with Crippen molar-refractivity contribution in [3.05, 3.63) is 30.3 Å². The fourth-order valence-corrected chi connectivity index (χ4v) is 3.38. The van der Waals surface area contributed by atoms with Crippen LogP contribution < -0.4 is 66.8 Å². The zero-order valence-electron chi connectivity index (χ0n) is 16.6. The third-order valence-corrected chi connectivity index (χ3v) is 5.09. The summed E-state index contributed by atoms with van der Waals surface area (Å²) in [6.45, 7) is 2.52. The zero-order chi connectivity index (χ0) is 16.1. The molecule has 0 aromatic heterocycles. The minimum atomic E-state index is -3.57. The molecule has 3 nitrogen and oxygen atoms in total. The Morgan fingerprint density at radius 1 is 0.741 bits per heavy atom. The molecule has 1 rings (SSSR count). The van der Waals surface area contributed by atoms with Gasteiger partial charge < -0.3 is 37.2 Å². The Morgan fingerprint density at radius 2 is 1.15 bits per heavy atom. The predicted octanol–water partition coefficient (Wildman–Crippen LogP) is -7.05. The van der Waals surface area contributed by atoms with E-state index in [1.54, 1.807) is 30.3 Å². The fraction of sp³-hybridized carbons (Fsp3) is 0.667. The van der Waals surface area contributed by atoms with Crippen LogP contribution >= 0.6 is 0 Å². The average Bonchev–Trinajstić information content (AvgIpc) is 2.53. The Bertz CT molecular complexity index is 494. The number of benzene rings is 1. The Morgan fingerprint density at radius 3 is 1.59 bits per heavy atom. The van der Waals surface area contributed by atoms with E-state index in [9.17, 15) is 8.42 Å². The molecule has 0 fully saturated rings. The van der Waals surface area contributed by atoms with Crippen molar-refractivity contribution < 1.29 is 79.4 Å². The summed E-state index contributed by atoms with van der Waals surface area (Å²) in [6, 6.07) is 8.33. The van der Waals surface area contributed by atoms with Crippen LogP contribution in [-0.4, -0.2) is 52.8 Å². The van der Waals surface area contributed by atoms with Gasteiger partial charge in [-0.15, -0.1) is 0 Å². The molecule has 1 aromatic rings. The van der Waals surface area contributed by atoms with Gasteiger partial charge >= 0.3 is 67.3 Å². The molecular weight excluding hydrogens is 466 g/mol. The number of hydrogen-bond acceptors (Lipinski definition) is 3. The van der Waals surface area contributed by atoms with Gasteiger partial charge in [0.1, 0.15) is 0 Å². The predicted molar refractivity (Wildman–Crippen MR) is 97.2 cm³/mol. The average molecular weight is 496 g/mol. The largest absolute Gasteiger partial charge is 2.00 e. The van der Waals surface area contributed by atoms with Gasteiger partial charge in [0.15, 0.2) is 0 Å². The van der Waals surface area contributed by atoms with Crippen molar-refractivity contribution >= 4 is 47.9 Å². The molecule has 9 heteroatoms. The van der Waals surface area contributed by atoms with Crippen molar-refractivity contribution in [3.63, 3.8) is 0 Å². The van der Waals surface area contributed by atoms with Crippen LogP contribution in [0.2, 0.25) is 0 Å². The molecule has 0 aliphatic carbocycles. The second kappa shape index (κ2) is 26.3. The van der Waals surface area contributed by atoms with Crippen LogP contribution in [-0.2, 0) is 14.3 Å². The number of unbranched alkanes of at least 4 members (excludes halogenated alkanes) is 9. The van der Waals surface area contributed by atoms with Gasteiger partial charge in [0.25, 0.3) is 10.1 Å². The maximum absolute atomic E-state index is 11.9. The Hall–Kier alpha value is 2.26. The van der Waals surface area contributed by atoms with Crippen LogP contribution in [0.4, 0.5) is 0 Å². The molecule has 0 aliphatic heterocycles. The van der Waals surface area contributed by atoms with E-state index in [1.165, 1.54) is 51.4 Å². The van der Waals surface area contributed by atoms with Gasteiger partial charge in [0.2, 0.25) is 0 Å². The first-order chi connectivity index (χ1) is 10.7. The Balaban J connectivity index is -0.000000323. The standard InChI is InChI=1S/C18H30O3S.Ca.3ClH.Na/c1-2-3-4-5-6-7-8-9-10-14-17-21-22(19,20)18-15-12-11-13-16-18;;;;;/h11-13,15-16H,2-10,14,17H2,1H3;;3*1H;/q;+2;;;;+1/p-3. The molecule has 0 radical (unpaired) electrons. The van der Waals surface area contributed by atoms with E-state index in [4.69, 9.17) is 4.18 Å². The van der Waals surface area contributed by atoms with E-state index in [0.29, 0.717) is 0 Å². The van der Waals surface area contributed by atoms with E-state index in [-0.39, 0.29) is 116 Å². The van der Waals surface area contributed by atoms with Gasteiger partial charge in [-0.05, 0) is 18.6 Å². The van der Waals surface area contributed by atoms with Crippen LogP contribution in [0.3, 0.4) is 0 Å². The first-order valence-corrected chi connectivity index (χ1v) is 10.0. The minimum Gasteiger partial charge on any atom is -1.00 e. The number of rotatable bonds is 13. The van der Waals surface area contributed by atoms with Gasteiger partial charge in [-0.25, -0.2) is 0 Å². The summed E-state index contributed by atoms with van der Waals surface area (Å²) in [5.74, 6) is 0. The number of hydrogen-bond donors (Lipinski definition) is 0. The fourth-order valence-electron chi connectivity index (χ4n) is 2.41. The summed E-state index contributed by atoms with van der Waals surface area (Å²) >= 11 is 0. The van der Waals surface area contributed by atoms with Crippen molar-refractivity contribution in [1.29, 1.82) is 0 Å². The monoisotopic (exact) mass is 494 g/mol. The van der Waals surface area contributed by atoms with Crippen LogP contribution in [0.5, 0.6) is 0 Å². The third kappa shape index (κ3) is 21.3. The molecule has 0 heterocycles. The SMILES string of the molecule is CCCCCCCCCCCCOS(=O)(=O)c1ccccc1.[Ca+2].[Cl-].[Cl-].[Cl-].[Na+]. The first-order valence-electron chi connectivity index (χ1n) is 8.61. The maximum atomic E-state index is 11.9. The summed E-state index contributed by atoms with van der Waals surface area (Å²) in [7, 11) is -3.57. The molecule has 0 unspecified atom stereocenters. The Labute approximate surface area is 237 Å². The van der Waals surface area contributed by atoms with E-state index >= 15 is 0 Å². The van der Waals surface area contributed by atoms with Crippen molar-refractivity contribution in [2.75, 3.05) is 6.61 Å². The van der Waals surface area contributed by atoms with Gasteiger partial charge in [0, 0.05) is 0 Å². The quantitative estimate of drug-likeness (QED) is 0.155. The minimum absolute atomic E-state index is 0. The summed E-state index contributed by atoms with van der Waals surface area (Å²) in [6.07, 6.45) is 12.3. The molecule has 0 aliphatic rings. The molecule has 0 N–H and O–H groups in total. The van der Waals surface area contributed by atoms with E-state index < -0.39 is 10.1 Å². The van der Waals surface area contributed by atoms with Crippen LogP contribution in [0.15, 0.2) is 35.2 Å². The molecule has 27 heavy (non-hydrogen) atoms. The normalized spacial score (nSPS) is 9.52. The second-order valence-electron chi connectivity index (χ2n) is 5.77. The van der Waals surface area contributed by atoms with Gasteiger partial charge in [-0.3, -0.25) is 4.18 Å². The molecule has 0 saturated heterocycles. The molecule has 150 valence electrons. The van der Waals surface area contributed by atoms with E-state index in [1.807, 2.05) is 0 Å². The third-order valence-electron chi connectivity index (χ3n) is 3.77. The molecule has 0 atom stereocenters. The molecule has 0 amide bonds. The summed E-state index contributed by atoms with van der Waals surface area (Å²) in [5, 5.41) is 0. The zero-order valence-corrected chi connectivity index (χ0v) is 23.9. The van der Waals surface area contributed by atoms with Crippen molar-refractivity contribution in [2.24, 2.45) is 0 Å². The molecule has 0 bridgehead atoms. The van der Waals surface area contributed by atoms with Crippen LogP contribution in [0.25, 0.3) is 0 Å². The van der Waals surface area contributed by atoms with E-state index in [2.05, 4.69) is 6.92 Å². The Kier molecular flexibility index (Phi) is 38.7. The van der Waals surface area contributed by atoms with Crippen molar-refractivity contribution in [1.82, 2.24) is 0 Å². The molecule has 0 spiro atoms. The van der Waals surface area contributed by atoms with Crippen molar-refractivity contribution in [3.8, 4) is 0 Å². The molecule has 0 saturated carbocycles. The van der Waals surface area contributed by atoms with Crippen molar-refractivity contribution in [2.45, 2.75) is 76.0 Å². The van der Waals surface area contributed by atoms with Crippen LogP contribution in [0, 0.1) is 0 Å². The summed E-state index contributed by atoms with van der Waals surface area (Å²) < 4.78 is 28.8. The van der Waals surface area contributed by atoms with Gasteiger partial charge in [-0.2, -0.15) is 8.42 Å². The number of halogens is 3. The van der Waals surface area contributed by atoms with E-state index in [0.717, 1.165) is 12.8 Å².